The summed E-state index contributed by atoms with van der Waals surface area (Å²) < 4.78 is 0. The minimum Gasteiger partial charge on any atom is -0.334 e. The summed E-state index contributed by atoms with van der Waals surface area (Å²) in [4.78, 5) is 12.8. The fourth-order valence-corrected chi connectivity index (χ4v) is 1.20. The van der Waals surface area contributed by atoms with E-state index in [1.54, 1.807) is 0 Å². The van der Waals surface area contributed by atoms with E-state index >= 15 is 0 Å². The van der Waals surface area contributed by atoms with Crippen LogP contribution in [0.4, 0.5) is 4.79 Å². The molecule has 4 heteroatoms. The van der Waals surface area contributed by atoms with E-state index < -0.39 is 0 Å². The van der Waals surface area contributed by atoms with Crippen LogP contribution in [0.15, 0.2) is 0 Å². The smallest absolute Gasteiger partial charge is 0.278 e. The van der Waals surface area contributed by atoms with Gasteiger partial charge in [-0.1, -0.05) is 39.3 Å². The van der Waals surface area contributed by atoms with Gasteiger partial charge < -0.3 is 4.90 Å². The largest absolute Gasteiger partial charge is 0.334 e. The normalized spacial score (nSPS) is 9.15. The molecule has 0 aliphatic carbocycles. The molecular weight excluding hydrogens is 292 g/mol. The molecule has 0 rings (SSSR count). The third-order valence-corrected chi connectivity index (χ3v) is 2.12. The molecule has 3 radical (unpaired) electrons. The molecule has 2 nitrogen and oxygen atoms in total. The van der Waals surface area contributed by atoms with Gasteiger partial charge in [0, 0.05) is 37.5 Å². The standard InChI is InChI=1S/C9H19NOS.Sb/c1-3-5-7-10(9(11)12)8-6-4-2;/h3-8H2,1-2H3,(H,11,12);. The summed E-state index contributed by atoms with van der Waals surface area (Å²) in [5.74, 6) is 0. The summed E-state index contributed by atoms with van der Waals surface area (Å²) >= 11 is 3.83. The van der Waals surface area contributed by atoms with Crippen molar-refractivity contribution in [3.8, 4) is 0 Å². The van der Waals surface area contributed by atoms with E-state index in [2.05, 4.69) is 26.5 Å². The van der Waals surface area contributed by atoms with Crippen molar-refractivity contribution in [2.24, 2.45) is 0 Å². The first-order chi connectivity index (χ1) is 5.72. The predicted molar refractivity (Wildman–Crippen MR) is 61.5 cm³/mol. The minimum atomic E-state index is -0.0862. The van der Waals surface area contributed by atoms with Crippen molar-refractivity contribution in [1.29, 1.82) is 0 Å². The van der Waals surface area contributed by atoms with Crippen LogP contribution in [0.5, 0.6) is 0 Å². The monoisotopic (exact) mass is 310 g/mol. The van der Waals surface area contributed by atoms with Crippen molar-refractivity contribution >= 4 is 42.3 Å². The van der Waals surface area contributed by atoms with Crippen LogP contribution in [0, 0.1) is 0 Å². The molecule has 77 valence electrons. The zero-order chi connectivity index (χ0) is 9.40. The molecule has 0 N–H and O–H groups in total. The van der Waals surface area contributed by atoms with Crippen molar-refractivity contribution in [2.75, 3.05) is 13.1 Å². The fourth-order valence-electron chi connectivity index (χ4n) is 1.00. The molecular formula is C9H19NOSSb. The fraction of sp³-hybridized carbons (Fsp3) is 0.889. The van der Waals surface area contributed by atoms with E-state index in [9.17, 15) is 4.79 Å². The Balaban J connectivity index is 0. The van der Waals surface area contributed by atoms with Crippen molar-refractivity contribution in [2.45, 2.75) is 39.5 Å². The molecule has 0 fully saturated rings. The Morgan fingerprint density at radius 2 is 1.54 bits per heavy atom. The molecule has 0 aliphatic rings. The Labute approximate surface area is 104 Å². The van der Waals surface area contributed by atoms with Gasteiger partial charge in [0.25, 0.3) is 5.24 Å². The van der Waals surface area contributed by atoms with E-state index in [0.29, 0.717) is 0 Å². The van der Waals surface area contributed by atoms with Gasteiger partial charge in [0.05, 0.1) is 0 Å². The topological polar surface area (TPSA) is 20.3 Å². The van der Waals surface area contributed by atoms with Gasteiger partial charge in [-0.2, -0.15) is 0 Å². The van der Waals surface area contributed by atoms with Crippen molar-refractivity contribution < 1.29 is 4.79 Å². The third-order valence-electron chi connectivity index (χ3n) is 1.83. The summed E-state index contributed by atoms with van der Waals surface area (Å²) in [5, 5.41) is -0.0862. The van der Waals surface area contributed by atoms with Gasteiger partial charge in [0.15, 0.2) is 0 Å². The van der Waals surface area contributed by atoms with Crippen molar-refractivity contribution in [3.63, 3.8) is 0 Å². The molecule has 0 unspecified atom stereocenters. The Hall–Kier alpha value is 0.638. The summed E-state index contributed by atoms with van der Waals surface area (Å²) in [6.07, 6.45) is 4.42. The molecule has 0 saturated heterocycles. The summed E-state index contributed by atoms with van der Waals surface area (Å²) in [5.41, 5.74) is 0. The first kappa shape index (κ1) is 16.1. The maximum Gasteiger partial charge on any atom is 0.278 e. The number of hydrogen-bond donors (Lipinski definition) is 1. The van der Waals surface area contributed by atoms with Crippen LogP contribution in [-0.2, 0) is 0 Å². The average Bonchev–Trinajstić information content (AvgIpc) is 2.04. The van der Waals surface area contributed by atoms with Gasteiger partial charge in [-0.15, -0.1) is 0 Å². The van der Waals surface area contributed by atoms with Gasteiger partial charge in [-0.05, 0) is 12.8 Å². The van der Waals surface area contributed by atoms with Crippen LogP contribution < -0.4 is 0 Å². The predicted octanol–water partition coefficient (Wildman–Crippen LogP) is 2.56. The number of amides is 1. The molecule has 0 aromatic rings. The maximum atomic E-state index is 10.9. The number of thiol groups is 1. The van der Waals surface area contributed by atoms with E-state index in [1.807, 2.05) is 4.90 Å². The van der Waals surface area contributed by atoms with Gasteiger partial charge in [-0.3, -0.25) is 4.79 Å². The summed E-state index contributed by atoms with van der Waals surface area (Å²) in [6, 6.07) is 0. The first-order valence-electron chi connectivity index (χ1n) is 4.70. The third kappa shape index (κ3) is 8.95. The second kappa shape index (κ2) is 10.7. The van der Waals surface area contributed by atoms with E-state index in [0.717, 1.165) is 38.8 Å². The Kier molecular flexibility index (Phi) is 13.3. The number of unbranched alkanes of at least 4 members (excludes halogenated alkanes) is 2. The van der Waals surface area contributed by atoms with Crippen molar-refractivity contribution in [1.82, 2.24) is 4.90 Å². The molecule has 0 atom stereocenters. The SMILES string of the molecule is CCCCN(CCCC)C(=O)S.[Sb]. The van der Waals surface area contributed by atoms with Crippen LogP contribution >= 0.6 is 12.6 Å². The molecule has 0 spiro atoms. The number of carbonyl (C=O) groups excluding carboxylic acids is 1. The molecule has 0 aliphatic heterocycles. The maximum absolute atomic E-state index is 10.9. The zero-order valence-corrected chi connectivity index (χ0v) is 11.9. The molecule has 13 heavy (non-hydrogen) atoms. The van der Waals surface area contributed by atoms with Crippen molar-refractivity contribution in [3.05, 3.63) is 0 Å². The van der Waals surface area contributed by atoms with Crippen LogP contribution in [-0.4, -0.2) is 47.7 Å². The van der Waals surface area contributed by atoms with Gasteiger partial charge in [0.1, 0.15) is 0 Å². The summed E-state index contributed by atoms with van der Waals surface area (Å²) in [6.45, 7) is 5.97. The molecule has 1 amide bonds. The average molecular weight is 311 g/mol. The number of hydrogen-bond acceptors (Lipinski definition) is 1. The van der Waals surface area contributed by atoms with Crippen LogP contribution in [0.3, 0.4) is 0 Å². The molecule has 0 aromatic carbocycles. The Morgan fingerprint density at radius 1 is 1.15 bits per heavy atom. The van der Waals surface area contributed by atoms with E-state index in [1.165, 1.54) is 0 Å². The van der Waals surface area contributed by atoms with Gasteiger partial charge >= 0.3 is 0 Å². The first-order valence-corrected chi connectivity index (χ1v) is 5.15. The van der Waals surface area contributed by atoms with Gasteiger partial charge in [-0.25, -0.2) is 0 Å². The molecule has 0 aromatic heterocycles. The Morgan fingerprint density at radius 3 is 1.77 bits per heavy atom. The number of nitrogens with zero attached hydrogens (tertiary/aromatic N) is 1. The summed E-state index contributed by atoms with van der Waals surface area (Å²) in [7, 11) is 0. The minimum absolute atomic E-state index is 0. The second-order valence-corrected chi connectivity index (χ2v) is 3.36. The van der Waals surface area contributed by atoms with Crippen LogP contribution in [0.2, 0.25) is 0 Å². The molecule has 0 heterocycles. The van der Waals surface area contributed by atoms with E-state index in [-0.39, 0.29) is 29.7 Å². The zero-order valence-electron chi connectivity index (χ0n) is 8.49. The quantitative estimate of drug-likeness (QED) is 0.590. The second-order valence-electron chi connectivity index (χ2n) is 2.98. The van der Waals surface area contributed by atoms with Gasteiger partial charge in [0.2, 0.25) is 0 Å². The van der Waals surface area contributed by atoms with E-state index in [4.69, 9.17) is 0 Å². The molecule has 0 bridgehead atoms. The van der Waals surface area contributed by atoms with Crippen LogP contribution in [0.1, 0.15) is 39.5 Å². The number of carbonyl (C=O) groups is 1. The van der Waals surface area contributed by atoms with Crippen LogP contribution in [0.25, 0.3) is 0 Å². The Bertz CT molecular complexity index is 125. The number of rotatable bonds is 6. The molecule has 0 saturated carbocycles.